The van der Waals surface area contributed by atoms with Gasteiger partial charge in [-0.1, -0.05) is 29.8 Å². The van der Waals surface area contributed by atoms with E-state index in [0.29, 0.717) is 17.5 Å². The fourth-order valence-electron chi connectivity index (χ4n) is 1.67. The molecule has 1 heterocycles. The zero-order chi connectivity index (χ0) is 15.1. The number of hydrogen-bond donors (Lipinski definition) is 2. The standard InChI is InChI=1S/C14H12ClN5S/c15-11-4-2-1-3-10(11)5-6-19-14(21)20-13-12(9-16)17-7-8-18-13/h1-4,7-8H,5-6H2,(H2,18,19,20,21). The van der Waals surface area contributed by atoms with E-state index >= 15 is 0 Å². The Kier molecular flexibility index (Phi) is 5.43. The van der Waals surface area contributed by atoms with Crippen molar-refractivity contribution >= 4 is 34.7 Å². The molecule has 0 bridgehead atoms. The van der Waals surface area contributed by atoms with Crippen LogP contribution >= 0.6 is 23.8 Å². The number of benzene rings is 1. The molecule has 2 rings (SSSR count). The number of halogens is 1. The Morgan fingerprint density at radius 1 is 1.29 bits per heavy atom. The van der Waals surface area contributed by atoms with Gasteiger partial charge in [0.05, 0.1) is 0 Å². The Morgan fingerprint density at radius 2 is 2.05 bits per heavy atom. The molecule has 0 aliphatic rings. The second kappa shape index (κ2) is 7.53. The van der Waals surface area contributed by atoms with Crippen LogP contribution in [0.15, 0.2) is 36.7 Å². The molecule has 0 saturated heterocycles. The number of anilines is 1. The monoisotopic (exact) mass is 317 g/mol. The highest BCUT2D eigenvalue weighted by Crippen LogP contribution is 2.14. The smallest absolute Gasteiger partial charge is 0.183 e. The molecule has 0 saturated carbocycles. The highest BCUT2D eigenvalue weighted by Gasteiger charge is 2.06. The van der Waals surface area contributed by atoms with E-state index in [1.807, 2.05) is 30.3 Å². The first kappa shape index (κ1) is 15.2. The van der Waals surface area contributed by atoms with E-state index in [1.54, 1.807) is 0 Å². The average molecular weight is 318 g/mol. The molecule has 1 aromatic carbocycles. The van der Waals surface area contributed by atoms with Crippen LogP contribution in [0.2, 0.25) is 5.02 Å². The molecule has 21 heavy (non-hydrogen) atoms. The molecule has 0 atom stereocenters. The molecule has 0 aliphatic carbocycles. The second-order valence-electron chi connectivity index (χ2n) is 4.09. The summed E-state index contributed by atoms with van der Waals surface area (Å²) in [7, 11) is 0. The van der Waals surface area contributed by atoms with Crippen molar-refractivity contribution in [2.24, 2.45) is 0 Å². The lowest BCUT2D eigenvalue weighted by Gasteiger charge is -2.10. The Morgan fingerprint density at radius 3 is 2.81 bits per heavy atom. The summed E-state index contributed by atoms with van der Waals surface area (Å²) in [5.74, 6) is 0.343. The third kappa shape index (κ3) is 4.38. The molecule has 0 radical (unpaired) electrons. The molecule has 106 valence electrons. The Hall–Kier alpha value is -2.23. The summed E-state index contributed by atoms with van der Waals surface area (Å²) in [6.07, 6.45) is 3.69. The van der Waals surface area contributed by atoms with Crippen LogP contribution in [0.3, 0.4) is 0 Å². The molecule has 0 spiro atoms. The second-order valence-corrected chi connectivity index (χ2v) is 4.90. The van der Waals surface area contributed by atoms with Crippen molar-refractivity contribution in [3.05, 3.63) is 52.9 Å². The van der Waals surface area contributed by atoms with Crippen molar-refractivity contribution in [1.82, 2.24) is 15.3 Å². The highest BCUT2D eigenvalue weighted by molar-refractivity contribution is 7.80. The van der Waals surface area contributed by atoms with Crippen molar-refractivity contribution in [3.63, 3.8) is 0 Å². The van der Waals surface area contributed by atoms with E-state index < -0.39 is 0 Å². The zero-order valence-electron chi connectivity index (χ0n) is 11.0. The Labute approximate surface area is 133 Å². The van der Waals surface area contributed by atoms with Gasteiger partial charge in [0.1, 0.15) is 6.07 Å². The molecule has 2 N–H and O–H groups in total. The maximum atomic E-state index is 8.92. The lowest BCUT2D eigenvalue weighted by molar-refractivity contribution is 0.873. The van der Waals surface area contributed by atoms with Gasteiger partial charge in [-0.05, 0) is 30.3 Å². The van der Waals surface area contributed by atoms with Gasteiger partial charge in [-0.15, -0.1) is 0 Å². The summed E-state index contributed by atoms with van der Waals surface area (Å²) in [6.45, 7) is 0.623. The fourth-order valence-corrected chi connectivity index (χ4v) is 2.10. The molecule has 0 amide bonds. The van der Waals surface area contributed by atoms with Crippen LogP contribution in [0.1, 0.15) is 11.3 Å². The third-order valence-electron chi connectivity index (χ3n) is 2.67. The first-order valence-electron chi connectivity index (χ1n) is 6.20. The Bertz CT molecular complexity index is 683. The summed E-state index contributed by atoms with van der Waals surface area (Å²) in [5, 5.41) is 15.9. The molecule has 0 aliphatic heterocycles. The van der Waals surface area contributed by atoms with E-state index in [0.717, 1.165) is 17.0 Å². The van der Waals surface area contributed by atoms with Gasteiger partial charge in [-0.3, -0.25) is 0 Å². The van der Waals surface area contributed by atoms with Gasteiger partial charge < -0.3 is 10.6 Å². The SMILES string of the molecule is N#Cc1nccnc1NC(=S)NCCc1ccccc1Cl. The maximum Gasteiger partial charge on any atom is 0.183 e. The van der Waals surface area contributed by atoms with Crippen molar-refractivity contribution in [3.8, 4) is 6.07 Å². The van der Waals surface area contributed by atoms with Gasteiger partial charge in [0.25, 0.3) is 0 Å². The van der Waals surface area contributed by atoms with Crippen molar-refractivity contribution in [2.45, 2.75) is 6.42 Å². The largest absolute Gasteiger partial charge is 0.362 e. The molecule has 2 aromatic rings. The van der Waals surface area contributed by atoms with Crippen LogP contribution in [-0.4, -0.2) is 21.6 Å². The Balaban J connectivity index is 1.86. The van der Waals surface area contributed by atoms with Gasteiger partial charge in [0, 0.05) is 24.0 Å². The fraction of sp³-hybridized carbons (Fsp3) is 0.143. The maximum absolute atomic E-state index is 8.92. The molecular formula is C14H12ClN5S. The lowest BCUT2D eigenvalue weighted by atomic mass is 10.1. The molecule has 7 heteroatoms. The molecule has 0 unspecified atom stereocenters. The van der Waals surface area contributed by atoms with Gasteiger partial charge in [0.15, 0.2) is 16.6 Å². The normalized spacial score (nSPS) is 9.71. The minimum Gasteiger partial charge on any atom is -0.362 e. The van der Waals surface area contributed by atoms with E-state index in [9.17, 15) is 0 Å². The van der Waals surface area contributed by atoms with Crippen LogP contribution in [0, 0.1) is 11.3 Å². The zero-order valence-corrected chi connectivity index (χ0v) is 12.6. The number of nitrogens with one attached hydrogen (secondary N) is 2. The van der Waals surface area contributed by atoms with Crippen molar-refractivity contribution in [1.29, 1.82) is 5.26 Å². The molecule has 1 aromatic heterocycles. The molecular weight excluding hydrogens is 306 g/mol. The predicted octanol–water partition coefficient (Wildman–Crippen LogP) is 2.53. The summed E-state index contributed by atoms with van der Waals surface area (Å²) >= 11 is 11.2. The van der Waals surface area contributed by atoms with Crippen molar-refractivity contribution in [2.75, 3.05) is 11.9 Å². The summed E-state index contributed by atoms with van der Waals surface area (Å²) in [5.41, 5.74) is 1.25. The summed E-state index contributed by atoms with van der Waals surface area (Å²) in [4.78, 5) is 7.92. The number of hydrogen-bond acceptors (Lipinski definition) is 4. The van der Waals surface area contributed by atoms with E-state index in [2.05, 4.69) is 20.6 Å². The van der Waals surface area contributed by atoms with Crippen LogP contribution in [0.5, 0.6) is 0 Å². The van der Waals surface area contributed by atoms with Crippen molar-refractivity contribution < 1.29 is 0 Å². The minimum absolute atomic E-state index is 0.202. The first-order valence-corrected chi connectivity index (χ1v) is 6.98. The number of nitriles is 1. The summed E-state index contributed by atoms with van der Waals surface area (Å²) in [6, 6.07) is 9.60. The van der Waals surface area contributed by atoms with Gasteiger partial charge in [-0.2, -0.15) is 5.26 Å². The quantitative estimate of drug-likeness (QED) is 0.844. The number of aromatic nitrogens is 2. The lowest BCUT2D eigenvalue weighted by Crippen LogP contribution is -2.31. The minimum atomic E-state index is 0.202. The van der Waals surface area contributed by atoms with Crippen LogP contribution in [-0.2, 0) is 6.42 Å². The number of thiocarbonyl (C=S) groups is 1. The number of nitrogens with zero attached hydrogens (tertiary/aromatic N) is 3. The molecule has 5 nitrogen and oxygen atoms in total. The molecule has 0 fully saturated rings. The van der Waals surface area contributed by atoms with E-state index in [1.165, 1.54) is 12.4 Å². The van der Waals surface area contributed by atoms with Gasteiger partial charge in [0.2, 0.25) is 0 Å². The third-order valence-corrected chi connectivity index (χ3v) is 3.29. The summed E-state index contributed by atoms with van der Waals surface area (Å²) < 4.78 is 0. The van der Waals surface area contributed by atoms with Gasteiger partial charge in [-0.25, -0.2) is 9.97 Å². The van der Waals surface area contributed by atoms with Crippen LogP contribution in [0.4, 0.5) is 5.82 Å². The highest BCUT2D eigenvalue weighted by atomic mass is 35.5. The van der Waals surface area contributed by atoms with E-state index in [4.69, 9.17) is 29.1 Å². The van der Waals surface area contributed by atoms with Gasteiger partial charge >= 0.3 is 0 Å². The average Bonchev–Trinajstić information content (AvgIpc) is 2.50. The first-order chi connectivity index (χ1) is 10.2. The van der Waals surface area contributed by atoms with E-state index in [-0.39, 0.29) is 5.69 Å². The topological polar surface area (TPSA) is 73.6 Å². The van der Waals surface area contributed by atoms with Crippen LogP contribution in [0.25, 0.3) is 0 Å². The van der Waals surface area contributed by atoms with Crippen LogP contribution < -0.4 is 10.6 Å². The number of rotatable bonds is 4. The predicted molar refractivity (Wildman–Crippen MR) is 86.1 cm³/mol.